The molecule has 0 unspecified atom stereocenters. The molecule has 0 bridgehead atoms. The number of aromatic nitrogens is 1. The minimum absolute atomic E-state index is 0.102. The van der Waals surface area contributed by atoms with Gasteiger partial charge in [-0.2, -0.15) is 0 Å². The van der Waals surface area contributed by atoms with E-state index in [1.54, 1.807) is 12.3 Å². The monoisotopic (exact) mass is 272 g/mol. The molecule has 1 aromatic rings. The highest BCUT2D eigenvalue weighted by atomic mass is 16.2. The molecule has 1 amide bonds. The second kappa shape index (κ2) is 4.92. The van der Waals surface area contributed by atoms with Crippen LogP contribution in [-0.4, -0.2) is 28.6 Å². The first-order valence-corrected chi connectivity index (χ1v) is 6.66. The fourth-order valence-electron chi connectivity index (χ4n) is 2.55. The van der Waals surface area contributed by atoms with Crippen LogP contribution < -0.4 is 5.32 Å². The van der Waals surface area contributed by atoms with Gasteiger partial charge in [0.25, 0.3) is 5.91 Å². The summed E-state index contributed by atoms with van der Waals surface area (Å²) >= 11 is 0. The molecule has 0 saturated heterocycles. The number of rotatable bonds is 2. The highest BCUT2D eigenvalue weighted by Crippen LogP contribution is 2.62. The van der Waals surface area contributed by atoms with Crippen molar-refractivity contribution in [1.29, 1.82) is 0 Å². The Morgan fingerprint density at radius 1 is 1.35 bits per heavy atom. The van der Waals surface area contributed by atoms with E-state index in [1.807, 2.05) is 0 Å². The zero-order valence-corrected chi connectivity index (χ0v) is 12.3. The van der Waals surface area contributed by atoms with Crippen molar-refractivity contribution in [2.75, 3.05) is 6.61 Å². The number of aliphatic hydroxyl groups is 1. The number of hydrogen-bond donors (Lipinski definition) is 2. The standard InChI is InChI=1S/C16H20N2O2/c1-15(2)14(16(15,3)4)18-13(20)12-8-11(6-5-7-19)9-17-10-12/h8-10,14,19H,7H2,1-4H3,(H,18,20). The average molecular weight is 272 g/mol. The van der Waals surface area contributed by atoms with Crippen LogP contribution in [0.1, 0.15) is 43.6 Å². The van der Waals surface area contributed by atoms with Gasteiger partial charge < -0.3 is 10.4 Å². The maximum Gasteiger partial charge on any atom is 0.253 e. The molecule has 1 fully saturated rings. The zero-order valence-electron chi connectivity index (χ0n) is 12.3. The van der Waals surface area contributed by atoms with Gasteiger partial charge in [-0.15, -0.1) is 0 Å². The van der Waals surface area contributed by atoms with E-state index in [0.717, 1.165) is 0 Å². The summed E-state index contributed by atoms with van der Waals surface area (Å²) in [6, 6.07) is 1.85. The van der Waals surface area contributed by atoms with Crippen LogP contribution in [0.5, 0.6) is 0 Å². The maximum absolute atomic E-state index is 12.2. The predicted molar refractivity (Wildman–Crippen MR) is 77.0 cm³/mol. The summed E-state index contributed by atoms with van der Waals surface area (Å²) in [5.41, 5.74) is 1.32. The molecule has 2 N–H and O–H groups in total. The molecule has 1 aliphatic rings. The Labute approximate surface area is 119 Å². The lowest BCUT2D eigenvalue weighted by molar-refractivity contribution is 0.0943. The van der Waals surface area contributed by atoms with E-state index in [4.69, 9.17) is 5.11 Å². The molecule has 1 aromatic heterocycles. The fraction of sp³-hybridized carbons (Fsp3) is 0.500. The average Bonchev–Trinajstić information content (AvgIpc) is 2.79. The van der Waals surface area contributed by atoms with E-state index < -0.39 is 0 Å². The van der Waals surface area contributed by atoms with Gasteiger partial charge in [-0.05, 0) is 16.9 Å². The minimum Gasteiger partial charge on any atom is -0.384 e. The van der Waals surface area contributed by atoms with Crippen LogP contribution >= 0.6 is 0 Å². The summed E-state index contributed by atoms with van der Waals surface area (Å²) in [5.74, 6) is 5.16. The molecule has 4 heteroatoms. The van der Waals surface area contributed by atoms with Gasteiger partial charge in [0, 0.05) is 24.0 Å². The molecule has 0 radical (unpaired) electrons. The predicted octanol–water partition coefficient (Wildman–Crippen LogP) is 1.59. The Morgan fingerprint density at radius 2 is 2.00 bits per heavy atom. The quantitative estimate of drug-likeness (QED) is 0.804. The molecule has 0 atom stereocenters. The third-order valence-electron chi connectivity index (χ3n) is 4.61. The van der Waals surface area contributed by atoms with E-state index in [9.17, 15) is 4.79 Å². The molecule has 2 rings (SSSR count). The second-order valence-corrected chi connectivity index (χ2v) is 6.27. The number of hydrogen-bond acceptors (Lipinski definition) is 3. The summed E-state index contributed by atoms with van der Waals surface area (Å²) in [6.45, 7) is 8.40. The SMILES string of the molecule is CC1(C)C(NC(=O)c2cncc(C#CCO)c2)C1(C)C. The maximum atomic E-state index is 12.2. The van der Waals surface area contributed by atoms with Crippen LogP contribution in [0.3, 0.4) is 0 Å². The van der Waals surface area contributed by atoms with Gasteiger partial charge in [0.05, 0.1) is 5.56 Å². The van der Waals surface area contributed by atoms with E-state index in [1.165, 1.54) is 6.20 Å². The lowest BCUT2D eigenvalue weighted by Gasteiger charge is -2.06. The third-order valence-corrected chi connectivity index (χ3v) is 4.61. The smallest absolute Gasteiger partial charge is 0.253 e. The van der Waals surface area contributed by atoms with Crippen LogP contribution in [0.4, 0.5) is 0 Å². The number of pyridine rings is 1. The molecular formula is C16H20N2O2. The molecular weight excluding hydrogens is 252 g/mol. The molecule has 20 heavy (non-hydrogen) atoms. The largest absolute Gasteiger partial charge is 0.384 e. The van der Waals surface area contributed by atoms with Gasteiger partial charge in [-0.25, -0.2) is 0 Å². The first-order valence-electron chi connectivity index (χ1n) is 6.66. The van der Waals surface area contributed by atoms with Crippen LogP contribution in [0.2, 0.25) is 0 Å². The molecule has 1 heterocycles. The van der Waals surface area contributed by atoms with Crippen molar-refractivity contribution in [2.24, 2.45) is 10.8 Å². The number of carbonyl (C=O) groups excluding carboxylic acids is 1. The van der Waals surface area contributed by atoms with E-state index >= 15 is 0 Å². The molecule has 0 aromatic carbocycles. The molecule has 1 saturated carbocycles. The molecule has 1 aliphatic carbocycles. The van der Waals surface area contributed by atoms with Gasteiger partial charge in [-0.3, -0.25) is 9.78 Å². The lowest BCUT2D eigenvalue weighted by atomic mass is 10.0. The summed E-state index contributed by atoms with van der Waals surface area (Å²) in [4.78, 5) is 16.3. The molecule has 0 aliphatic heterocycles. The number of nitrogens with zero attached hydrogens (tertiary/aromatic N) is 1. The first kappa shape index (κ1) is 14.5. The van der Waals surface area contributed by atoms with E-state index in [-0.39, 0.29) is 29.4 Å². The Morgan fingerprint density at radius 3 is 2.55 bits per heavy atom. The van der Waals surface area contributed by atoms with Crippen molar-refractivity contribution >= 4 is 5.91 Å². The van der Waals surface area contributed by atoms with Crippen molar-refractivity contribution in [2.45, 2.75) is 33.7 Å². The van der Waals surface area contributed by atoms with Crippen molar-refractivity contribution < 1.29 is 9.90 Å². The molecule has 106 valence electrons. The minimum atomic E-state index is -0.207. The van der Waals surface area contributed by atoms with Crippen molar-refractivity contribution in [3.8, 4) is 11.8 Å². The van der Waals surface area contributed by atoms with Crippen molar-refractivity contribution in [3.05, 3.63) is 29.6 Å². The van der Waals surface area contributed by atoms with Crippen LogP contribution in [0, 0.1) is 22.7 Å². The van der Waals surface area contributed by atoms with Crippen LogP contribution in [-0.2, 0) is 0 Å². The Hall–Kier alpha value is -1.86. The summed E-state index contributed by atoms with van der Waals surface area (Å²) in [7, 11) is 0. The fourth-order valence-corrected chi connectivity index (χ4v) is 2.55. The Kier molecular flexibility index (Phi) is 3.58. The van der Waals surface area contributed by atoms with E-state index in [0.29, 0.717) is 11.1 Å². The Balaban J connectivity index is 2.11. The molecule has 4 nitrogen and oxygen atoms in total. The van der Waals surface area contributed by atoms with Gasteiger partial charge in [-0.1, -0.05) is 39.5 Å². The zero-order chi connectivity index (χ0) is 15.0. The van der Waals surface area contributed by atoms with Crippen LogP contribution in [0.25, 0.3) is 0 Å². The highest BCUT2D eigenvalue weighted by molar-refractivity contribution is 5.94. The second-order valence-electron chi connectivity index (χ2n) is 6.27. The summed E-state index contributed by atoms with van der Waals surface area (Å²) < 4.78 is 0. The normalized spacial score (nSPS) is 18.9. The van der Waals surface area contributed by atoms with Gasteiger partial charge >= 0.3 is 0 Å². The van der Waals surface area contributed by atoms with Crippen LogP contribution in [0.15, 0.2) is 18.5 Å². The number of nitrogens with one attached hydrogen (secondary N) is 1. The molecule has 0 spiro atoms. The number of aliphatic hydroxyl groups excluding tert-OH is 1. The third kappa shape index (κ3) is 2.41. The van der Waals surface area contributed by atoms with Gasteiger partial charge in [0.15, 0.2) is 0 Å². The lowest BCUT2D eigenvalue weighted by Crippen LogP contribution is -2.29. The summed E-state index contributed by atoms with van der Waals surface area (Å²) in [6.07, 6.45) is 3.10. The van der Waals surface area contributed by atoms with Crippen molar-refractivity contribution in [3.63, 3.8) is 0 Å². The number of carbonyl (C=O) groups is 1. The van der Waals surface area contributed by atoms with Gasteiger partial charge in [0.1, 0.15) is 6.61 Å². The first-order chi connectivity index (χ1) is 9.30. The van der Waals surface area contributed by atoms with Crippen molar-refractivity contribution in [1.82, 2.24) is 10.3 Å². The van der Waals surface area contributed by atoms with E-state index in [2.05, 4.69) is 49.8 Å². The summed E-state index contributed by atoms with van der Waals surface area (Å²) in [5, 5.41) is 11.7. The Bertz CT molecular complexity index is 580. The highest BCUT2D eigenvalue weighted by Gasteiger charge is 2.65. The number of amides is 1. The van der Waals surface area contributed by atoms with Gasteiger partial charge in [0.2, 0.25) is 0 Å². The topological polar surface area (TPSA) is 62.2 Å².